The van der Waals surface area contributed by atoms with Crippen LogP contribution in [0.2, 0.25) is 0 Å². The van der Waals surface area contributed by atoms with Gasteiger partial charge in [0.05, 0.1) is 5.75 Å². The summed E-state index contributed by atoms with van der Waals surface area (Å²) in [7, 11) is 1.47. The van der Waals surface area contributed by atoms with Crippen LogP contribution in [0.15, 0.2) is 12.1 Å². The van der Waals surface area contributed by atoms with Gasteiger partial charge in [-0.3, -0.25) is 0 Å². The molecule has 0 unspecified atom stereocenters. The zero-order valence-corrected chi connectivity index (χ0v) is 11.4. The minimum absolute atomic E-state index is 0.0131. The Morgan fingerprint density at radius 2 is 2.06 bits per heavy atom. The van der Waals surface area contributed by atoms with Crippen molar-refractivity contribution in [3.05, 3.63) is 23.3 Å². The first-order chi connectivity index (χ1) is 8.17. The molecule has 1 aliphatic rings. The number of fused-ring (bicyclic) bond motifs is 1. The molecule has 0 saturated heterocycles. The van der Waals surface area contributed by atoms with Gasteiger partial charge in [-0.25, -0.2) is 12.8 Å². The van der Waals surface area contributed by atoms with Crippen molar-refractivity contribution in [1.29, 1.82) is 0 Å². The van der Waals surface area contributed by atoms with Crippen molar-refractivity contribution in [3.63, 3.8) is 0 Å². The maximum absolute atomic E-state index is 13.9. The van der Waals surface area contributed by atoms with Crippen molar-refractivity contribution < 1.29 is 22.3 Å². The van der Waals surface area contributed by atoms with Crippen molar-refractivity contribution in [2.45, 2.75) is 25.3 Å². The Kier molecular flexibility index (Phi) is 3.19. The van der Waals surface area contributed by atoms with E-state index in [0.717, 1.165) is 0 Å². The van der Waals surface area contributed by atoms with E-state index < -0.39 is 20.5 Å². The van der Waals surface area contributed by atoms with Gasteiger partial charge in [0.2, 0.25) is 15.8 Å². The second kappa shape index (κ2) is 4.28. The molecule has 1 heterocycles. The molecule has 0 atom stereocenters. The Balaban J connectivity index is 2.54. The molecule has 0 aliphatic carbocycles. The largest absolute Gasteiger partial charge is 0.454 e. The lowest BCUT2D eigenvalue weighted by Crippen LogP contribution is -2.10. The van der Waals surface area contributed by atoms with Gasteiger partial charge >= 0.3 is 0 Å². The number of hydrogen-bond donors (Lipinski definition) is 0. The van der Waals surface area contributed by atoms with Gasteiger partial charge in [0.1, 0.15) is 5.67 Å². The van der Waals surface area contributed by atoms with Crippen molar-refractivity contribution in [3.8, 4) is 11.5 Å². The monoisotopic (exact) mass is 294 g/mol. The Hall–Kier alpha value is -1.01. The molecule has 7 heteroatoms. The van der Waals surface area contributed by atoms with Gasteiger partial charge in [-0.1, -0.05) is 0 Å². The maximum Gasteiger partial charge on any atom is 0.236 e. The molecule has 0 bridgehead atoms. The van der Waals surface area contributed by atoms with E-state index in [1.54, 1.807) is 0 Å². The normalized spacial score (nSPS) is 14.9. The molecule has 100 valence electrons. The molecule has 0 radical (unpaired) electrons. The number of alkyl halides is 1. The van der Waals surface area contributed by atoms with E-state index in [-0.39, 0.29) is 6.79 Å². The van der Waals surface area contributed by atoms with Crippen LogP contribution in [0.3, 0.4) is 0 Å². The summed E-state index contributed by atoms with van der Waals surface area (Å²) in [6, 6.07) is 2.94. The molecule has 0 saturated carbocycles. The summed E-state index contributed by atoms with van der Waals surface area (Å²) in [5.74, 6) is 0.227. The SMILES string of the molecule is CC(C)(F)c1cc(CS(=O)(=O)Cl)c2c(c1)OCO2. The molecule has 1 aromatic rings. The van der Waals surface area contributed by atoms with Gasteiger partial charge in [0.25, 0.3) is 0 Å². The summed E-state index contributed by atoms with van der Waals surface area (Å²) in [5, 5.41) is 0. The summed E-state index contributed by atoms with van der Waals surface area (Å²) < 4.78 is 46.5. The fourth-order valence-corrected chi connectivity index (χ4v) is 2.66. The lowest BCUT2D eigenvalue weighted by atomic mass is 9.97. The molecule has 0 amide bonds. The summed E-state index contributed by atoms with van der Waals surface area (Å²) in [6.07, 6.45) is 0. The lowest BCUT2D eigenvalue weighted by molar-refractivity contribution is 0.173. The van der Waals surface area contributed by atoms with Crippen LogP contribution in [0.25, 0.3) is 0 Å². The Morgan fingerprint density at radius 3 is 2.61 bits per heavy atom. The molecular weight excluding hydrogens is 283 g/mol. The highest BCUT2D eigenvalue weighted by atomic mass is 35.7. The van der Waals surface area contributed by atoms with Gasteiger partial charge in [-0.2, -0.15) is 0 Å². The standard InChI is InChI=1S/C11H12ClFO4S/c1-11(2,13)8-3-7(5-18(12,14)15)10-9(4-8)16-6-17-10/h3-4H,5-6H2,1-2H3. The van der Waals surface area contributed by atoms with E-state index in [1.807, 2.05) is 0 Å². The van der Waals surface area contributed by atoms with Crippen LogP contribution >= 0.6 is 10.7 Å². The summed E-state index contributed by atoms with van der Waals surface area (Å²) in [5.41, 5.74) is -0.978. The van der Waals surface area contributed by atoms with E-state index in [2.05, 4.69) is 0 Å². The molecular formula is C11H12ClFO4S. The Morgan fingerprint density at radius 1 is 1.39 bits per heavy atom. The lowest BCUT2D eigenvalue weighted by Gasteiger charge is -2.16. The minimum atomic E-state index is -3.75. The highest BCUT2D eigenvalue weighted by Gasteiger charge is 2.27. The molecule has 18 heavy (non-hydrogen) atoms. The number of benzene rings is 1. The van der Waals surface area contributed by atoms with Gasteiger partial charge in [0.15, 0.2) is 11.5 Å². The van der Waals surface area contributed by atoms with E-state index >= 15 is 0 Å². The van der Waals surface area contributed by atoms with Crippen LogP contribution in [0, 0.1) is 0 Å². The summed E-state index contributed by atoms with van der Waals surface area (Å²) in [4.78, 5) is 0. The third-order valence-electron chi connectivity index (χ3n) is 2.56. The maximum atomic E-state index is 13.9. The topological polar surface area (TPSA) is 52.6 Å². The first kappa shape index (κ1) is 13.4. The molecule has 1 aliphatic heterocycles. The van der Waals surface area contributed by atoms with Gasteiger partial charge in [-0.15, -0.1) is 0 Å². The average molecular weight is 295 g/mol. The number of hydrogen-bond acceptors (Lipinski definition) is 4. The van der Waals surface area contributed by atoms with E-state index in [1.165, 1.54) is 26.0 Å². The van der Waals surface area contributed by atoms with Crippen molar-refractivity contribution in [1.82, 2.24) is 0 Å². The van der Waals surface area contributed by atoms with Crippen molar-refractivity contribution >= 4 is 19.7 Å². The zero-order valence-electron chi connectivity index (χ0n) is 9.87. The number of halogens is 2. The highest BCUT2D eigenvalue weighted by molar-refractivity contribution is 8.13. The smallest absolute Gasteiger partial charge is 0.236 e. The fraction of sp³-hybridized carbons (Fsp3) is 0.455. The quantitative estimate of drug-likeness (QED) is 0.804. The Labute approximate surface area is 109 Å². The molecule has 0 N–H and O–H groups in total. The van der Waals surface area contributed by atoms with Crippen LogP contribution in [-0.4, -0.2) is 15.2 Å². The summed E-state index contributed by atoms with van der Waals surface area (Å²) >= 11 is 0. The summed E-state index contributed by atoms with van der Waals surface area (Å²) in [6.45, 7) is 2.74. The number of rotatable bonds is 3. The van der Waals surface area contributed by atoms with Crippen LogP contribution in [0.1, 0.15) is 25.0 Å². The second-order valence-electron chi connectivity index (χ2n) is 4.52. The molecule has 0 spiro atoms. The number of ether oxygens (including phenoxy) is 2. The molecule has 1 aromatic carbocycles. The van der Waals surface area contributed by atoms with Gasteiger partial charge < -0.3 is 9.47 Å². The van der Waals surface area contributed by atoms with E-state index in [0.29, 0.717) is 22.6 Å². The second-order valence-corrected chi connectivity index (χ2v) is 7.30. The molecule has 2 rings (SSSR count). The predicted molar refractivity (Wildman–Crippen MR) is 65.2 cm³/mol. The van der Waals surface area contributed by atoms with Gasteiger partial charge in [-0.05, 0) is 31.5 Å². The van der Waals surface area contributed by atoms with Crippen molar-refractivity contribution in [2.75, 3.05) is 6.79 Å². The van der Waals surface area contributed by atoms with Crippen LogP contribution in [0.5, 0.6) is 11.5 Å². The predicted octanol–water partition coefficient (Wildman–Crippen LogP) is 2.69. The first-order valence-corrected chi connectivity index (χ1v) is 7.69. The molecule has 0 aromatic heterocycles. The van der Waals surface area contributed by atoms with E-state index in [4.69, 9.17) is 20.2 Å². The van der Waals surface area contributed by atoms with Gasteiger partial charge in [0, 0.05) is 16.2 Å². The third-order valence-corrected chi connectivity index (χ3v) is 3.55. The fourth-order valence-electron chi connectivity index (χ4n) is 1.72. The van der Waals surface area contributed by atoms with Crippen molar-refractivity contribution in [2.24, 2.45) is 0 Å². The zero-order chi connectivity index (χ0) is 13.6. The first-order valence-electron chi connectivity index (χ1n) is 5.21. The Bertz CT molecular complexity index is 577. The molecule has 4 nitrogen and oxygen atoms in total. The van der Waals surface area contributed by atoms with Crippen LogP contribution in [0.4, 0.5) is 4.39 Å². The molecule has 0 fully saturated rings. The minimum Gasteiger partial charge on any atom is -0.454 e. The van der Waals surface area contributed by atoms with E-state index in [9.17, 15) is 12.8 Å². The highest BCUT2D eigenvalue weighted by Crippen LogP contribution is 2.41. The van der Waals surface area contributed by atoms with Crippen LogP contribution in [-0.2, 0) is 20.5 Å². The average Bonchev–Trinajstić information content (AvgIpc) is 2.61. The third kappa shape index (κ3) is 2.87. The van der Waals surface area contributed by atoms with Crippen LogP contribution < -0.4 is 9.47 Å².